The van der Waals surface area contributed by atoms with Crippen molar-refractivity contribution in [2.75, 3.05) is 18.0 Å². The van der Waals surface area contributed by atoms with Crippen LogP contribution in [0.1, 0.15) is 32.8 Å². The van der Waals surface area contributed by atoms with Crippen molar-refractivity contribution >= 4 is 5.69 Å². The van der Waals surface area contributed by atoms with E-state index in [-0.39, 0.29) is 0 Å². The van der Waals surface area contributed by atoms with Gasteiger partial charge in [-0.25, -0.2) is 0 Å². The van der Waals surface area contributed by atoms with Gasteiger partial charge >= 0.3 is 0 Å². The predicted octanol–water partition coefficient (Wildman–Crippen LogP) is 3.03. The first kappa shape index (κ1) is 12.4. The van der Waals surface area contributed by atoms with Gasteiger partial charge in [-0.3, -0.25) is 0 Å². The van der Waals surface area contributed by atoms with Gasteiger partial charge in [0.05, 0.1) is 0 Å². The summed E-state index contributed by atoms with van der Waals surface area (Å²) in [5, 5.41) is 3.47. The molecule has 0 atom stereocenters. The smallest absolute Gasteiger partial charge is 0.0369 e. The lowest BCUT2D eigenvalue weighted by Gasteiger charge is -2.41. The van der Waals surface area contributed by atoms with E-state index in [4.69, 9.17) is 0 Å². The number of nitrogens with one attached hydrogen (secondary N) is 1. The van der Waals surface area contributed by atoms with Gasteiger partial charge in [-0.15, -0.1) is 0 Å². The summed E-state index contributed by atoms with van der Waals surface area (Å²) in [7, 11) is 0. The first-order valence-electron chi connectivity index (χ1n) is 6.76. The molecule has 1 saturated heterocycles. The molecule has 1 aliphatic heterocycles. The molecule has 1 aliphatic rings. The third-order valence-electron chi connectivity index (χ3n) is 3.52. The van der Waals surface area contributed by atoms with E-state index in [0.717, 1.165) is 12.5 Å². The Morgan fingerprint density at radius 2 is 2.12 bits per heavy atom. The Kier molecular flexibility index (Phi) is 4.06. The molecule has 1 heterocycles. The van der Waals surface area contributed by atoms with Crippen molar-refractivity contribution in [2.24, 2.45) is 5.92 Å². The van der Waals surface area contributed by atoms with Gasteiger partial charge in [-0.2, -0.15) is 0 Å². The van der Waals surface area contributed by atoms with Crippen LogP contribution >= 0.6 is 0 Å². The van der Waals surface area contributed by atoms with Gasteiger partial charge in [0.2, 0.25) is 0 Å². The lowest BCUT2D eigenvalue weighted by Crippen LogP contribution is -2.46. The topological polar surface area (TPSA) is 15.3 Å². The van der Waals surface area contributed by atoms with Crippen molar-refractivity contribution in [3.05, 3.63) is 29.8 Å². The standard InChI is InChI=1S/C15H24N2/c1-4-13-10-17(11-13)15-7-5-6-14(8-15)9-16-12(2)3/h5-8,12-13,16H,4,9-11H2,1-3H3. The highest BCUT2D eigenvalue weighted by atomic mass is 15.2. The summed E-state index contributed by atoms with van der Waals surface area (Å²) in [5.41, 5.74) is 2.77. The van der Waals surface area contributed by atoms with E-state index in [2.05, 4.69) is 55.3 Å². The van der Waals surface area contributed by atoms with E-state index in [1.807, 2.05) is 0 Å². The van der Waals surface area contributed by atoms with Crippen LogP contribution in [0.3, 0.4) is 0 Å². The van der Waals surface area contributed by atoms with E-state index >= 15 is 0 Å². The largest absolute Gasteiger partial charge is 0.371 e. The molecule has 1 aromatic rings. The quantitative estimate of drug-likeness (QED) is 0.839. The maximum atomic E-state index is 3.47. The summed E-state index contributed by atoms with van der Waals surface area (Å²) in [6, 6.07) is 9.47. The van der Waals surface area contributed by atoms with Crippen LogP contribution in [0.4, 0.5) is 5.69 Å². The Labute approximate surface area is 105 Å². The Hall–Kier alpha value is -1.02. The molecule has 1 aromatic carbocycles. The number of rotatable bonds is 5. The molecule has 94 valence electrons. The Morgan fingerprint density at radius 1 is 1.35 bits per heavy atom. The van der Waals surface area contributed by atoms with Gasteiger partial charge in [0.25, 0.3) is 0 Å². The first-order valence-corrected chi connectivity index (χ1v) is 6.76. The zero-order chi connectivity index (χ0) is 12.3. The van der Waals surface area contributed by atoms with Gasteiger partial charge < -0.3 is 10.2 Å². The average molecular weight is 232 g/mol. The van der Waals surface area contributed by atoms with Crippen LogP contribution in [0.15, 0.2) is 24.3 Å². The molecule has 1 fully saturated rings. The summed E-state index contributed by atoms with van der Waals surface area (Å²) >= 11 is 0. The molecule has 2 rings (SSSR count). The van der Waals surface area contributed by atoms with Crippen LogP contribution in [-0.2, 0) is 6.54 Å². The Bertz CT molecular complexity index is 354. The van der Waals surface area contributed by atoms with Crippen LogP contribution in [0.25, 0.3) is 0 Å². The highest BCUT2D eigenvalue weighted by Crippen LogP contribution is 2.26. The van der Waals surface area contributed by atoms with Crippen LogP contribution in [0, 0.1) is 5.92 Å². The molecule has 0 saturated carbocycles. The average Bonchev–Trinajstić information content (AvgIpc) is 2.26. The molecule has 0 aromatic heterocycles. The first-order chi connectivity index (χ1) is 8.19. The third kappa shape index (κ3) is 3.22. The van der Waals surface area contributed by atoms with Gasteiger partial charge in [0.1, 0.15) is 0 Å². The van der Waals surface area contributed by atoms with E-state index in [9.17, 15) is 0 Å². The van der Waals surface area contributed by atoms with Crippen molar-refractivity contribution in [2.45, 2.75) is 39.8 Å². The predicted molar refractivity (Wildman–Crippen MR) is 74.4 cm³/mol. The normalized spacial score (nSPS) is 16.4. The van der Waals surface area contributed by atoms with E-state index < -0.39 is 0 Å². The molecule has 0 bridgehead atoms. The molecule has 0 unspecified atom stereocenters. The minimum absolute atomic E-state index is 0.548. The monoisotopic (exact) mass is 232 g/mol. The van der Waals surface area contributed by atoms with Crippen molar-refractivity contribution in [1.29, 1.82) is 0 Å². The van der Waals surface area contributed by atoms with Crippen molar-refractivity contribution in [3.63, 3.8) is 0 Å². The fourth-order valence-electron chi connectivity index (χ4n) is 2.22. The van der Waals surface area contributed by atoms with Crippen LogP contribution in [0.5, 0.6) is 0 Å². The lowest BCUT2D eigenvalue weighted by molar-refractivity contribution is 0.399. The summed E-state index contributed by atoms with van der Waals surface area (Å²) in [4.78, 5) is 2.48. The Balaban J connectivity index is 1.93. The lowest BCUT2D eigenvalue weighted by atomic mass is 9.96. The highest BCUT2D eigenvalue weighted by Gasteiger charge is 2.24. The van der Waals surface area contributed by atoms with Crippen molar-refractivity contribution in [1.82, 2.24) is 5.32 Å². The fraction of sp³-hybridized carbons (Fsp3) is 0.600. The maximum Gasteiger partial charge on any atom is 0.0369 e. The second-order valence-electron chi connectivity index (χ2n) is 5.38. The molecule has 0 amide bonds. The second kappa shape index (κ2) is 5.54. The highest BCUT2D eigenvalue weighted by molar-refractivity contribution is 5.50. The molecule has 0 radical (unpaired) electrons. The summed E-state index contributed by atoms with van der Waals surface area (Å²) in [5.74, 6) is 0.910. The molecule has 0 aliphatic carbocycles. The molecule has 1 N–H and O–H groups in total. The maximum absolute atomic E-state index is 3.47. The molecular formula is C15H24N2. The summed E-state index contributed by atoms with van der Waals surface area (Å²) < 4.78 is 0. The molecule has 2 nitrogen and oxygen atoms in total. The van der Waals surface area contributed by atoms with E-state index in [0.29, 0.717) is 6.04 Å². The SMILES string of the molecule is CCC1CN(c2cccc(CNC(C)C)c2)C1. The summed E-state index contributed by atoms with van der Waals surface area (Å²) in [6.07, 6.45) is 1.31. The van der Waals surface area contributed by atoms with Crippen LogP contribution in [-0.4, -0.2) is 19.1 Å². The van der Waals surface area contributed by atoms with E-state index in [1.165, 1.54) is 30.8 Å². The minimum Gasteiger partial charge on any atom is -0.371 e. The second-order valence-corrected chi connectivity index (χ2v) is 5.38. The number of benzene rings is 1. The van der Waals surface area contributed by atoms with Crippen LogP contribution < -0.4 is 10.2 Å². The number of hydrogen-bond acceptors (Lipinski definition) is 2. The third-order valence-corrected chi connectivity index (χ3v) is 3.52. The van der Waals surface area contributed by atoms with Gasteiger partial charge in [0.15, 0.2) is 0 Å². The molecule has 2 heteroatoms. The number of nitrogens with zero attached hydrogens (tertiary/aromatic N) is 1. The van der Waals surface area contributed by atoms with Crippen molar-refractivity contribution in [3.8, 4) is 0 Å². The minimum atomic E-state index is 0.548. The zero-order valence-corrected chi connectivity index (χ0v) is 11.2. The Morgan fingerprint density at radius 3 is 2.76 bits per heavy atom. The molecular weight excluding hydrogens is 208 g/mol. The summed E-state index contributed by atoms with van der Waals surface area (Å²) in [6.45, 7) is 10.1. The zero-order valence-electron chi connectivity index (χ0n) is 11.2. The molecule has 17 heavy (non-hydrogen) atoms. The van der Waals surface area contributed by atoms with Crippen molar-refractivity contribution < 1.29 is 0 Å². The van der Waals surface area contributed by atoms with Gasteiger partial charge in [-0.05, 0) is 30.0 Å². The van der Waals surface area contributed by atoms with E-state index in [1.54, 1.807) is 0 Å². The van der Waals surface area contributed by atoms with Gasteiger partial charge in [-0.1, -0.05) is 32.9 Å². The van der Waals surface area contributed by atoms with Crippen LogP contribution in [0.2, 0.25) is 0 Å². The molecule has 0 spiro atoms. The number of anilines is 1. The van der Waals surface area contributed by atoms with Gasteiger partial charge in [0, 0.05) is 31.4 Å². The number of hydrogen-bond donors (Lipinski definition) is 1. The fourth-order valence-corrected chi connectivity index (χ4v) is 2.22.